The molecule has 0 aromatic heterocycles. The molecule has 23 heavy (non-hydrogen) atoms. The molecular formula is C17H34N2O4. The molecule has 0 aromatic rings. The van der Waals surface area contributed by atoms with Crippen LogP contribution in [0.1, 0.15) is 51.9 Å². The first kappa shape index (κ1) is 21.9. The quantitative estimate of drug-likeness (QED) is 0.387. The SMILES string of the molecule is CCCCCC(=O)OCCN(CCO)C(=O)CCCCN(C)C. The van der Waals surface area contributed by atoms with E-state index in [0.717, 1.165) is 38.6 Å². The zero-order valence-corrected chi connectivity index (χ0v) is 15.1. The zero-order chi connectivity index (χ0) is 17.5. The summed E-state index contributed by atoms with van der Waals surface area (Å²) in [5.74, 6) is -0.194. The number of aliphatic hydroxyl groups is 1. The molecule has 0 heterocycles. The van der Waals surface area contributed by atoms with E-state index < -0.39 is 0 Å². The second-order valence-electron chi connectivity index (χ2n) is 6.04. The number of nitrogens with zero attached hydrogens (tertiary/aromatic N) is 2. The Labute approximate surface area is 140 Å². The summed E-state index contributed by atoms with van der Waals surface area (Å²) in [6, 6.07) is 0. The van der Waals surface area contributed by atoms with Crippen molar-refractivity contribution in [2.24, 2.45) is 0 Å². The summed E-state index contributed by atoms with van der Waals surface area (Å²) < 4.78 is 5.15. The highest BCUT2D eigenvalue weighted by atomic mass is 16.5. The van der Waals surface area contributed by atoms with Crippen LogP contribution in [-0.4, -0.2) is 73.7 Å². The van der Waals surface area contributed by atoms with Gasteiger partial charge in [0.05, 0.1) is 13.2 Å². The molecule has 0 aliphatic rings. The normalized spacial score (nSPS) is 10.8. The van der Waals surface area contributed by atoms with Gasteiger partial charge in [0.15, 0.2) is 0 Å². The second-order valence-corrected chi connectivity index (χ2v) is 6.04. The van der Waals surface area contributed by atoms with Crippen molar-refractivity contribution in [2.75, 3.05) is 46.9 Å². The van der Waals surface area contributed by atoms with Gasteiger partial charge in [-0.3, -0.25) is 9.59 Å². The number of hydrogen-bond donors (Lipinski definition) is 1. The third-order valence-corrected chi connectivity index (χ3v) is 3.58. The van der Waals surface area contributed by atoms with Gasteiger partial charge in [-0.15, -0.1) is 0 Å². The molecule has 0 aliphatic heterocycles. The smallest absolute Gasteiger partial charge is 0.305 e. The van der Waals surface area contributed by atoms with Crippen molar-refractivity contribution in [2.45, 2.75) is 51.9 Å². The van der Waals surface area contributed by atoms with Crippen molar-refractivity contribution in [1.82, 2.24) is 9.80 Å². The van der Waals surface area contributed by atoms with Gasteiger partial charge < -0.3 is 19.6 Å². The molecule has 0 radical (unpaired) electrons. The minimum Gasteiger partial charge on any atom is -0.464 e. The maximum atomic E-state index is 12.1. The fraction of sp³-hybridized carbons (Fsp3) is 0.882. The molecule has 0 saturated heterocycles. The van der Waals surface area contributed by atoms with Gasteiger partial charge in [-0.25, -0.2) is 0 Å². The van der Waals surface area contributed by atoms with E-state index in [4.69, 9.17) is 9.84 Å². The fourth-order valence-corrected chi connectivity index (χ4v) is 2.21. The topological polar surface area (TPSA) is 70.1 Å². The lowest BCUT2D eigenvalue weighted by Crippen LogP contribution is -2.36. The Morgan fingerprint density at radius 3 is 2.26 bits per heavy atom. The number of rotatable bonds is 14. The summed E-state index contributed by atoms with van der Waals surface area (Å²) in [4.78, 5) is 27.3. The summed E-state index contributed by atoms with van der Waals surface area (Å²) in [6.45, 7) is 3.82. The number of amides is 1. The van der Waals surface area contributed by atoms with Crippen molar-refractivity contribution in [3.8, 4) is 0 Å². The Morgan fingerprint density at radius 1 is 0.957 bits per heavy atom. The summed E-state index contributed by atoms with van der Waals surface area (Å²) in [5.41, 5.74) is 0. The van der Waals surface area contributed by atoms with Gasteiger partial charge in [0.25, 0.3) is 0 Å². The number of aliphatic hydroxyl groups excluding tert-OH is 1. The van der Waals surface area contributed by atoms with Gasteiger partial charge in [0.2, 0.25) is 5.91 Å². The molecule has 1 N–H and O–H groups in total. The van der Waals surface area contributed by atoms with Crippen molar-refractivity contribution >= 4 is 11.9 Å². The van der Waals surface area contributed by atoms with Crippen molar-refractivity contribution < 1.29 is 19.4 Å². The average Bonchev–Trinajstić information content (AvgIpc) is 2.50. The predicted octanol–water partition coefficient (Wildman–Crippen LogP) is 1.66. The Kier molecular flexibility index (Phi) is 13.7. The number of carbonyl (C=O) groups excluding carboxylic acids is 2. The first-order chi connectivity index (χ1) is 11.0. The van der Waals surface area contributed by atoms with Crippen LogP contribution in [0.4, 0.5) is 0 Å². The van der Waals surface area contributed by atoms with E-state index in [1.54, 1.807) is 4.90 Å². The van der Waals surface area contributed by atoms with Crippen LogP contribution < -0.4 is 0 Å². The van der Waals surface area contributed by atoms with E-state index in [1.165, 1.54) is 0 Å². The molecule has 0 aromatic carbocycles. The van der Waals surface area contributed by atoms with E-state index in [9.17, 15) is 9.59 Å². The molecule has 0 rings (SSSR count). The lowest BCUT2D eigenvalue weighted by molar-refractivity contribution is -0.146. The minimum atomic E-state index is -0.208. The molecule has 0 unspecified atom stereocenters. The average molecular weight is 330 g/mol. The monoisotopic (exact) mass is 330 g/mol. The van der Waals surface area contributed by atoms with Crippen LogP contribution in [0.5, 0.6) is 0 Å². The minimum absolute atomic E-state index is 0.0137. The highest BCUT2D eigenvalue weighted by Crippen LogP contribution is 2.03. The van der Waals surface area contributed by atoms with Crippen molar-refractivity contribution in [1.29, 1.82) is 0 Å². The molecule has 6 heteroatoms. The lowest BCUT2D eigenvalue weighted by Gasteiger charge is -2.21. The first-order valence-corrected chi connectivity index (χ1v) is 8.70. The van der Waals surface area contributed by atoms with Gasteiger partial charge in [0.1, 0.15) is 6.61 Å². The number of unbranched alkanes of at least 4 members (excludes halogenated alkanes) is 3. The van der Waals surface area contributed by atoms with Gasteiger partial charge >= 0.3 is 5.97 Å². The van der Waals surface area contributed by atoms with E-state index in [2.05, 4.69) is 11.8 Å². The highest BCUT2D eigenvalue weighted by Gasteiger charge is 2.13. The Morgan fingerprint density at radius 2 is 1.65 bits per heavy atom. The van der Waals surface area contributed by atoms with Crippen molar-refractivity contribution in [3.05, 3.63) is 0 Å². The van der Waals surface area contributed by atoms with Crippen molar-refractivity contribution in [3.63, 3.8) is 0 Å². The van der Waals surface area contributed by atoms with Gasteiger partial charge in [-0.05, 0) is 39.9 Å². The van der Waals surface area contributed by atoms with Crippen LogP contribution in [0.25, 0.3) is 0 Å². The van der Waals surface area contributed by atoms with E-state index in [0.29, 0.717) is 25.9 Å². The summed E-state index contributed by atoms with van der Waals surface area (Å²) >= 11 is 0. The molecule has 1 amide bonds. The largest absolute Gasteiger partial charge is 0.464 e. The molecule has 0 aliphatic carbocycles. The molecule has 0 atom stereocenters. The van der Waals surface area contributed by atoms with Gasteiger partial charge in [-0.1, -0.05) is 19.8 Å². The summed E-state index contributed by atoms with van der Waals surface area (Å²) in [7, 11) is 4.02. The molecule has 0 fully saturated rings. The maximum Gasteiger partial charge on any atom is 0.305 e. The van der Waals surface area contributed by atoms with Crippen LogP contribution in [-0.2, 0) is 14.3 Å². The summed E-state index contributed by atoms with van der Waals surface area (Å²) in [5, 5.41) is 9.07. The summed E-state index contributed by atoms with van der Waals surface area (Å²) in [6.07, 6.45) is 5.65. The number of esters is 1. The number of ether oxygens (including phenoxy) is 1. The van der Waals surface area contributed by atoms with E-state index in [-0.39, 0.29) is 25.1 Å². The third-order valence-electron chi connectivity index (χ3n) is 3.58. The molecule has 136 valence electrons. The second kappa shape index (κ2) is 14.5. The van der Waals surface area contributed by atoms with Crippen LogP contribution >= 0.6 is 0 Å². The van der Waals surface area contributed by atoms with Gasteiger partial charge in [-0.2, -0.15) is 0 Å². The zero-order valence-electron chi connectivity index (χ0n) is 15.1. The van der Waals surface area contributed by atoms with Gasteiger partial charge in [0, 0.05) is 19.4 Å². The Hall–Kier alpha value is -1.14. The third kappa shape index (κ3) is 13.0. The highest BCUT2D eigenvalue weighted by molar-refractivity contribution is 5.76. The number of hydrogen-bond acceptors (Lipinski definition) is 5. The molecule has 6 nitrogen and oxygen atoms in total. The van der Waals surface area contributed by atoms with Crippen LogP contribution in [0.3, 0.4) is 0 Å². The standard InChI is InChI=1S/C17H34N2O4/c1-4-5-6-10-17(22)23-15-13-19(12-14-20)16(21)9-7-8-11-18(2)3/h20H,4-15H2,1-3H3. The van der Waals surface area contributed by atoms with Crippen LogP contribution in [0.15, 0.2) is 0 Å². The van der Waals surface area contributed by atoms with E-state index in [1.807, 2.05) is 14.1 Å². The molecular weight excluding hydrogens is 296 g/mol. The van der Waals surface area contributed by atoms with E-state index >= 15 is 0 Å². The Balaban J connectivity index is 3.95. The van der Waals surface area contributed by atoms with Crippen LogP contribution in [0.2, 0.25) is 0 Å². The first-order valence-electron chi connectivity index (χ1n) is 8.70. The number of carbonyl (C=O) groups is 2. The molecule has 0 bridgehead atoms. The molecule has 0 saturated carbocycles. The van der Waals surface area contributed by atoms with Crippen LogP contribution in [0, 0.1) is 0 Å². The predicted molar refractivity (Wildman–Crippen MR) is 91.2 cm³/mol. The fourth-order valence-electron chi connectivity index (χ4n) is 2.21. The Bertz CT molecular complexity index is 322. The lowest BCUT2D eigenvalue weighted by atomic mass is 10.2. The maximum absolute atomic E-state index is 12.1. The molecule has 0 spiro atoms.